The van der Waals surface area contributed by atoms with Gasteiger partial charge in [-0.2, -0.15) is 0 Å². The van der Waals surface area contributed by atoms with E-state index >= 15 is 0 Å². The summed E-state index contributed by atoms with van der Waals surface area (Å²) in [6.45, 7) is 4.32. The van der Waals surface area contributed by atoms with Crippen molar-refractivity contribution in [2.45, 2.75) is 19.8 Å². The van der Waals surface area contributed by atoms with Crippen LogP contribution in [0.3, 0.4) is 0 Å². The largest absolute Gasteiger partial charge is 0.0720 e. The molecule has 0 radical (unpaired) electrons. The Bertz CT molecular complexity index is 621. The van der Waals surface area contributed by atoms with Gasteiger partial charge in [0.2, 0.25) is 0 Å². The van der Waals surface area contributed by atoms with Gasteiger partial charge in [0.15, 0.2) is 0 Å². The molecule has 0 saturated carbocycles. The van der Waals surface area contributed by atoms with Gasteiger partial charge in [-0.15, -0.1) is 0 Å². The van der Waals surface area contributed by atoms with E-state index in [-0.39, 0.29) is 0 Å². The fourth-order valence-electron chi connectivity index (χ4n) is 2.64. The molecule has 0 fully saturated rings. The van der Waals surface area contributed by atoms with Crippen LogP contribution in [0.1, 0.15) is 33.7 Å². The fourth-order valence-corrected chi connectivity index (χ4v) is 3.12. The minimum atomic E-state index is 0.401. The molecule has 1 heteroatoms. The number of hydrogen-bond donors (Lipinski definition) is 0. The molecule has 0 spiro atoms. The van der Waals surface area contributed by atoms with Crippen LogP contribution in [0.4, 0.5) is 0 Å². The van der Waals surface area contributed by atoms with Crippen LogP contribution in [-0.4, -0.2) is 0 Å². The number of hydrogen-bond acceptors (Lipinski definition) is 0. The summed E-state index contributed by atoms with van der Waals surface area (Å²) in [6, 6.07) is 13.2. The molecular weight excluding hydrogens is 284 g/mol. The summed E-state index contributed by atoms with van der Waals surface area (Å²) < 4.78 is 1.19. The van der Waals surface area contributed by atoms with Crippen LogP contribution in [0.25, 0.3) is 6.08 Å². The van der Waals surface area contributed by atoms with E-state index in [1.807, 2.05) is 0 Å². The Morgan fingerprint density at radius 1 is 0.944 bits per heavy atom. The summed E-state index contributed by atoms with van der Waals surface area (Å²) in [6.07, 6.45) is 4.53. The van der Waals surface area contributed by atoms with Crippen molar-refractivity contribution < 1.29 is 0 Å². The maximum absolute atomic E-state index is 3.64. The summed E-state index contributed by atoms with van der Waals surface area (Å²) in [5.74, 6) is 0.401. The van der Waals surface area contributed by atoms with Crippen LogP contribution in [0.5, 0.6) is 0 Å². The van der Waals surface area contributed by atoms with Crippen molar-refractivity contribution in [1.29, 1.82) is 0 Å². The summed E-state index contributed by atoms with van der Waals surface area (Å²) >= 11 is 3.64. The molecule has 2 aromatic rings. The number of halogens is 1. The average Bonchev–Trinajstić information content (AvgIpc) is 2.81. The van der Waals surface area contributed by atoms with E-state index in [1.54, 1.807) is 0 Å². The molecular formula is C17H15Br. The minimum absolute atomic E-state index is 0.401. The summed E-state index contributed by atoms with van der Waals surface area (Å²) in [5, 5.41) is 0. The van der Waals surface area contributed by atoms with Gasteiger partial charge in [-0.25, -0.2) is 0 Å². The Morgan fingerprint density at radius 2 is 1.67 bits per heavy atom. The number of aryl methyl sites for hydroxylation is 2. The molecule has 0 nitrogen and oxygen atoms in total. The fraction of sp³-hybridized carbons (Fsp3) is 0.176. The van der Waals surface area contributed by atoms with Gasteiger partial charge in [-0.1, -0.05) is 64.0 Å². The molecule has 1 unspecified atom stereocenters. The third-order valence-corrected chi connectivity index (χ3v) is 4.35. The third-order valence-electron chi connectivity index (χ3n) is 3.65. The molecule has 0 bridgehead atoms. The molecule has 90 valence electrons. The first-order chi connectivity index (χ1) is 8.66. The topological polar surface area (TPSA) is 0 Å². The lowest BCUT2D eigenvalue weighted by atomic mass is 9.89. The highest BCUT2D eigenvalue weighted by atomic mass is 79.9. The summed E-state index contributed by atoms with van der Waals surface area (Å²) in [4.78, 5) is 0. The van der Waals surface area contributed by atoms with Gasteiger partial charge in [-0.05, 0) is 42.2 Å². The number of benzene rings is 2. The number of rotatable bonds is 1. The maximum Gasteiger partial charge on any atom is 0.0281 e. The second-order valence-corrected chi connectivity index (χ2v) is 5.79. The zero-order valence-corrected chi connectivity index (χ0v) is 12.2. The van der Waals surface area contributed by atoms with E-state index in [2.05, 4.69) is 78.3 Å². The average molecular weight is 299 g/mol. The SMILES string of the molecule is Cc1ccc(C2C=Cc3c(Br)ccc(C)c32)cc1. The number of allylic oxidation sites excluding steroid dienone is 1. The van der Waals surface area contributed by atoms with Crippen LogP contribution in [-0.2, 0) is 0 Å². The predicted octanol–water partition coefficient (Wildman–Crippen LogP) is 5.22. The molecule has 3 rings (SSSR count). The van der Waals surface area contributed by atoms with Crippen LogP contribution in [0.2, 0.25) is 0 Å². The first-order valence-electron chi connectivity index (χ1n) is 6.20. The summed E-state index contributed by atoms with van der Waals surface area (Å²) in [5.41, 5.74) is 6.82. The van der Waals surface area contributed by atoms with Crippen molar-refractivity contribution in [2.24, 2.45) is 0 Å². The van der Waals surface area contributed by atoms with Crippen LogP contribution >= 0.6 is 15.9 Å². The van der Waals surface area contributed by atoms with E-state index < -0.39 is 0 Å². The molecule has 1 atom stereocenters. The Balaban J connectivity index is 2.13. The Hall–Kier alpha value is -1.34. The molecule has 0 saturated heterocycles. The molecule has 0 amide bonds. The van der Waals surface area contributed by atoms with Crippen molar-refractivity contribution >= 4 is 22.0 Å². The van der Waals surface area contributed by atoms with Gasteiger partial charge in [0.1, 0.15) is 0 Å². The summed E-state index contributed by atoms with van der Waals surface area (Å²) in [7, 11) is 0. The maximum atomic E-state index is 3.64. The lowest BCUT2D eigenvalue weighted by molar-refractivity contribution is 1.03. The van der Waals surface area contributed by atoms with E-state index in [1.165, 1.54) is 32.3 Å². The smallest absolute Gasteiger partial charge is 0.0281 e. The molecule has 1 aliphatic rings. The first-order valence-corrected chi connectivity index (χ1v) is 7.00. The molecule has 0 aromatic heterocycles. The Morgan fingerprint density at radius 3 is 2.39 bits per heavy atom. The standard InChI is InChI=1S/C17H15Br/c1-11-3-6-13(7-4-11)14-8-9-15-16(18)10-5-12(2)17(14)15/h3-10,14H,1-2H3. The molecule has 1 aliphatic carbocycles. The normalized spacial score (nSPS) is 16.9. The molecule has 0 N–H and O–H groups in total. The molecule has 18 heavy (non-hydrogen) atoms. The van der Waals surface area contributed by atoms with E-state index in [0.29, 0.717) is 5.92 Å². The van der Waals surface area contributed by atoms with Crippen LogP contribution in [0.15, 0.2) is 46.9 Å². The van der Waals surface area contributed by atoms with E-state index in [4.69, 9.17) is 0 Å². The van der Waals surface area contributed by atoms with Crippen molar-refractivity contribution in [3.63, 3.8) is 0 Å². The lowest BCUT2D eigenvalue weighted by Crippen LogP contribution is -1.99. The van der Waals surface area contributed by atoms with Crippen molar-refractivity contribution in [1.82, 2.24) is 0 Å². The van der Waals surface area contributed by atoms with Crippen LogP contribution in [0, 0.1) is 13.8 Å². The van der Waals surface area contributed by atoms with E-state index in [9.17, 15) is 0 Å². The molecule has 0 heterocycles. The van der Waals surface area contributed by atoms with Gasteiger partial charge in [0.05, 0.1) is 0 Å². The Kier molecular flexibility index (Phi) is 2.87. The van der Waals surface area contributed by atoms with Gasteiger partial charge in [-0.3, -0.25) is 0 Å². The highest BCUT2D eigenvalue weighted by Crippen LogP contribution is 2.40. The predicted molar refractivity (Wildman–Crippen MR) is 80.9 cm³/mol. The lowest BCUT2D eigenvalue weighted by Gasteiger charge is -2.15. The molecule has 0 aliphatic heterocycles. The van der Waals surface area contributed by atoms with Gasteiger partial charge in [0, 0.05) is 10.4 Å². The van der Waals surface area contributed by atoms with Crippen LogP contribution < -0.4 is 0 Å². The van der Waals surface area contributed by atoms with Crippen molar-refractivity contribution in [2.75, 3.05) is 0 Å². The second kappa shape index (κ2) is 4.40. The highest BCUT2D eigenvalue weighted by Gasteiger charge is 2.22. The first kappa shape index (κ1) is 11.7. The minimum Gasteiger partial charge on any atom is -0.0720 e. The third kappa shape index (κ3) is 1.83. The quantitative estimate of drug-likeness (QED) is 0.677. The highest BCUT2D eigenvalue weighted by molar-refractivity contribution is 9.10. The monoisotopic (exact) mass is 298 g/mol. The van der Waals surface area contributed by atoms with Crippen molar-refractivity contribution in [3.8, 4) is 0 Å². The second-order valence-electron chi connectivity index (χ2n) is 4.94. The van der Waals surface area contributed by atoms with Gasteiger partial charge >= 0.3 is 0 Å². The zero-order valence-electron chi connectivity index (χ0n) is 10.6. The molecule has 2 aromatic carbocycles. The van der Waals surface area contributed by atoms with Gasteiger partial charge in [0.25, 0.3) is 0 Å². The zero-order chi connectivity index (χ0) is 12.7. The van der Waals surface area contributed by atoms with Gasteiger partial charge < -0.3 is 0 Å². The number of fused-ring (bicyclic) bond motifs is 1. The van der Waals surface area contributed by atoms with E-state index in [0.717, 1.165) is 0 Å². The Labute approximate surface area is 116 Å². The van der Waals surface area contributed by atoms with Crippen molar-refractivity contribution in [3.05, 3.63) is 74.8 Å².